The van der Waals surface area contributed by atoms with E-state index < -0.39 is 0 Å². The van der Waals surface area contributed by atoms with Crippen molar-refractivity contribution in [2.45, 2.75) is 44.8 Å². The molecule has 0 unspecified atom stereocenters. The summed E-state index contributed by atoms with van der Waals surface area (Å²) >= 11 is 0. The number of nitriles is 1. The number of aromatic nitrogens is 2. The average Bonchev–Trinajstić information content (AvgIpc) is 3.42. The van der Waals surface area contributed by atoms with Crippen molar-refractivity contribution in [3.8, 4) is 17.2 Å². The summed E-state index contributed by atoms with van der Waals surface area (Å²) in [6, 6.07) is 9.55. The van der Waals surface area contributed by atoms with Gasteiger partial charge in [-0.1, -0.05) is 6.07 Å². The molecule has 0 bridgehead atoms. The van der Waals surface area contributed by atoms with E-state index in [0.717, 1.165) is 41.7 Å². The van der Waals surface area contributed by atoms with Crippen LogP contribution in [-0.4, -0.2) is 23.1 Å². The maximum absolute atomic E-state index is 9.34. The van der Waals surface area contributed by atoms with Crippen molar-refractivity contribution >= 4 is 11.0 Å². The van der Waals surface area contributed by atoms with Crippen LogP contribution in [0.4, 0.5) is 0 Å². The predicted octanol–water partition coefficient (Wildman–Crippen LogP) is 4.35. The third-order valence-corrected chi connectivity index (χ3v) is 6.13. The molecule has 0 radical (unpaired) electrons. The molecule has 0 saturated carbocycles. The number of rotatable bonds is 3. The predicted molar refractivity (Wildman–Crippen MR) is 109 cm³/mol. The van der Waals surface area contributed by atoms with E-state index in [4.69, 9.17) is 4.74 Å². The molecule has 1 saturated heterocycles. The number of nitrogens with one attached hydrogen (secondary N) is 2. The lowest BCUT2D eigenvalue weighted by Crippen LogP contribution is -2.19. The van der Waals surface area contributed by atoms with Gasteiger partial charge < -0.3 is 15.0 Å². The summed E-state index contributed by atoms with van der Waals surface area (Å²) in [6.07, 6.45) is 7.20. The minimum absolute atomic E-state index is 0.162. The fourth-order valence-corrected chi connectivity index (χ4v) is 4.55. The van der Waals surface area contributed by atoms with E-state index in [1.54, 1.807) is 0 Å². The molecule has 5 rings (SSSR count). The lowest BCUT2D eigenvalue weighted by Gasteiger charge is -2.24. The first-order valence-electron chi connectivity index (χ1n) is 10.1. The van der Waals surface area contributed by atoms with Gasteiger partial charge in [0, 0.05) is 29.4 Å². The summed E-state index contributed by atoms with van der Waals surface area (Å²) in [5.74, 6) is -0.162. The molecule has 2 N–H and O–H groups in total. The summed E-state index contributed by atoms with van der Waals surface area (Å²) in [5.41, 5.74) is 8.30. The SMILES string of the molecule is C[C@H](C#N)c1c[nH]c2ncc(-c3cc4c(c([C@@H]5CCCN5)c3)COCC4)cc12. The molecule has 1 aromatic carbocycles. The van der Waals surface area contributed by atoms with Gasteiger partial charge in [0.2, 0.25) is 0 Å². The van der Waals surface area contributed by atoms with Gasteiger partial charge in [-0.2, -0.15) is 5.26 Å². The van der Waals surface area contributed by atoms with Gasteiger partial charge in [-0.25, -0.2) is 4.98 Å². The molecule has 0 amide bonds. The van der Waals surface area contributed by atoms with Crippen molar-refractivity contribution in [3.63, 3.8) is 0 Å². The third-order valence-electron chi connectivity index (χ3n) is 6.13. The van der Waals surface area contributed by atoms with E-state index in [1.807, 2.05) is 19.3 Å². The number of pyridine rings is 1. The highest BCUT2D eigenvalue weighted by molar-refractivity contribution is 5.85. The van der Waals surface area contributed by atoms with Crippen LogP contribution in [0.25, 0.3) is 22.2 Å². The zero-order valence-electron chi connectivity index (χ0n) is 16.1. The van der Waals surface area contributed by atoms with E-state index >= 15 is 0 Å². The standard InChI is InChI=1S/C23H24N4O/c1-14(10-24)20-12-27-23-19(20)9-17(11-26-23)16-7-15-4-6-28-13-21(15)18(8-16)22-3-2-5-25-22/h7-9,11-12,14,22,25H,2-6,13H2,1H3,(H,26,27)/t14-,22+/m1/s1. The molecule has 3 aromatic rings. The first-order valence-corrected chi connectivity index (χ1v) is 10.1. The van der Waals surface area contributed by atoms with Crippen molar-refractivity contribution < 1.29 is 4.74 Å². The van der Waals surface area contributed by atoms with Crippen LogP contribution in [-0.2, 0) is 17.8 Å². The highest BCUT2D eigenvalue weighted by atomic mass is 16.5. The van der Waals surface area contributed by atoms with Crippen molar-refractivity contribution in [1.29, 1.82) is 5.26 Å². The summed E-state index contributed by atoms with van der Waals surface area (Å²) in [5, 5.41) is 14.0. The molecule has 5 nitrogen and oxygen atoms in total. The monoisotopic (exact) mass is 372 g/mol. The van der Waals surface area contributed by atoms with Gasteiger partial charge in [-0.15, -0.1) is 0 Å². The van der Waals surface area contributed by atoms with E-state index in [9.17, 15) is 5.26 Å². The number of benzene rings is 1. The number of fused-ring (bicyclic) bond motifs is 2. The van der Waals surface area contributed by atoms with Crippen LogP contribution in [0.5, 0.6) is 0 Å². The largest absolute Gasteiger partial charge is 0.376 e. The van der Waals surface area contributed by atoms with Crippen molar-refractivity contribution in [2.75, 3.05) is 13.2 Å². The maximum atomic E-state index is 9.34. The molecule has 142 valence electrons. The van der Waals surface area contributed by atoms with Gasteiger partial charge >= 0.3 is 0 Å². The van der Waals surface area contributed by atoms with Gasteiger partial charge in [0.15, 0.2) is 0 Å². The molecule has 2 aliphatic rings. The smallest absolute Gasteiger partial charge is 0.137 e. The summed E-state index contributed by atoms with van der Waals surface area (Å²) in [7, 11) is 0. The zero-order valence-corrected chi connectivity index (χ0v) is 16.1. The van der Waals surface area contributed by atoms with E-state index in [-0.39, 0.29) is 5.92 Å². The fraction of sp³-hybridized carbons (Fsp3) is 0.391. The summed E-state index contributed by atoms with van der Waals surface area (Å²) < 4.78 is 5.77. The van der Waals surface area contributed by atoms with Crippen LogP contribution >= 0.6 is 0 Å². The van der Waals surface area contributed by atoms with E-state index in [2.05, 4.69) is 39.6 Å². The molecular formula is C23H24N4O. The molecule has 1 fully saturated rings. The van der Waals surface area contributed by atoms with Crippen molar-refractivity contribution in [2.24, 2.45) is 0 Å². The Balaban J connectivity index is 1.64. The van der Waals surface area contributed by atoms with E-state index in [1.165, 1.54) is 35.1 Å². The molecule has 2 aliphatic heterocycles. The van der Waals surface area contributed by atoms with Gasteiger partial charge in [0.05, 0.1) is 25.2 Å². The van der Waals surface area contributed by atoms with Crippen molar-refractivity contribution in [1.82, 2.24) is 15.3 Å². The molecule has 4 heterocycles. The van der Waals surface area contributed by atoms with E-state index in [0.29, 0.717) is 12.6 Å². The van der Waals surface area contributed by atoms with Crippen LogP contribution in [0.2, 0.25) is 0 Å². The number of nitrogens with zero attached hydrogens (tertiary/aromatic N) is 2. The summed E-state index contributed by atoms with van der Waals surface area (Å²) in [6.45, 7) is 4.50. The van der Waals surface area contributed by atoms with Gasteiger partial charge in [-0.05, 0) is 72.7 Å². The van der Waals surface area contributed by atoms with Gasteiger partial charge in [0.25, 0.3) is 0 Å². The summed E-state index contributed by atoms with van der Waals surface area (Å²) in [4.78, 5) is 7.83. The first kappa shape index (κ1) is 17.4. The molecule has 0 aliphatic carbocycles. The molecule has 2 aromatic heterocycles. The number of ether oxygens (including phenoxy) is 1. The Hall–Kier alpha value is -2.68. The second-order valence-corrected chi connectivity index (χ2v) is 7.87. The highest BCUT2D eigenvalue weighted by Crippen LogP contribution is 2.36. The molecule has 2 atom stereocenters. The Labute approximate surface area is 164 Å². The van der Waals surface area contributed by atoms with Gasteiger partial charge in [0.1, 0.15) is 5.65 Å². The lowest BCUT2D eigenvalue weighted by atomic mass is 9.88. The Morgan fingerprint density at radius 3 is 3.04 bits per heavy atom. The number of H-pyrrole nitrogens is 1. The van der Waals surface area contributed by atoms with Crippen LogP contribution in [0.1, 0.15) is 54.0 Å². The second kappa shape index (κ2) is 7.05. The Bertz CT molecular complexity index is 1070. The molecule has 0 spiro atoms. The number of hydrogen-bond acceptors (Lipinski definition) is 4. The number of hydrogen-bond donors (Lipinski definition) is 2. The zero-order chi connectivity index (χ0) is 19.1. The Kier molecular flexibility index (Phi) is 4.38. The van der Waals surface area contributed by atoms with Gasteiger partial charge in [-0.3, -0.25) is 0 Å². The topological polar surface area (TPSA) is 73.7 Å². The number of aromatic amines is 1. The minimum Gasteiger partial charge on any atom is -0.376 e. The lowest BCUT2D eigenvalue weighted by molar-refractivity contribution is 0.109. The minimum atomic E-state index is -0.162. The molecule has 5 heteroatoms. The van der Waals surface area contributed by atoms with Crippen molar-refractivity contribution in [3.05, 3.63) is 52.8 Å². The van der Waals surface area contributed by atoms with Crippen LogP contribution < -0.4 is 5.32 Å². The van der Waals surface area contributed by atoms with Crippen LogP contribution in [0.15, 0.2) is 30.6 Å². The highest BCUT2D eigenvalue weighted by Gasteiger charge is 2.24. The molecule has 28 heavy (non-hydrogen) atoms. The fourth-order valence-electron chi connectivity index (χ4n) is 4.55. The maximum Gasteiger partial charge on any atom is 0.137 e. The second-order valence-electron chi connectivity index (χ2n) is 7.87. The Morgan fingerprint density at radius 2 is 2.21 bits per heavy atom. The Morgan fingerprint density at radius 1 is 1.29 bits per heavy atom. The quantitative estimate of drug-likeness (QED) is 0.717. The first-order chi connectivity index (χ1) is 13.7. The molecular weight excluding hydrogens is 348 g/mol. The normalized spacial score (nSPS) is 20.1. The third kappa shape index (κ3) is 2.90. The van der Waals surface area contributed by atoms with Crippen LogP contribution in [0.3, 0.4) is 0 Å². The average molecular weight is 372 g/mol. The van der Waals surface area contributed by atoms with Crippen LogP contribution in [0, 0.1) is 11.3 Å².